The average molecular weight is 267 g/mol. The lowest BCUT2D eigenvalue weighted by Gasteiger charge is -2.21. The van der Waals surface area contributed by atoms with E-state index in [4.69, 9.17) is 14.6 Å². The van der Waals surface area contributed by atoms with E-state index in [1.807, 2.05) is 18.2 Å². The van der Waals surface area contributed by atoms with Gasteiger partial charge in [0.2, 0.25) is 0 Å². The Balaban J connectivity index is 2.69. The van der Waals surface area contributed by atoms with E-state index < -0.39 is 11.5 Å². The number of hydrogen-bond acceptors (Lipinski definition) is 4. The van der Waals surface area contributed by atoms with Crippen LogP contribution < -0.4 is 14.8 Å². The highest BCUT2D eigenvalue weighted by atomic mass is 16.5. The van der Waals surface area contributed by atoms with Gasteiger partial charge in [-0.05, 0) is 44.0 Å². The molecule has 0 fully saturated rings. The van der Waals surface area contributed by atoms with Gasteiger partial charge in [0.25, 0.3) is 0 Å². The van der Waals surface area contributed by atoms with Crippen molar-refractivity contribution in [3.05, 3.63) is 23.8 Å². The van der Waals surface area contributed by atoms with Gasteiger partial charge < -0.3 is 19.9 Å². The van der Waals surface area contributed by atoms with Crippen molar-refractivity contribution in [3.8, 4) is 11.5 Å². The molecule has 0 heterocycles. The molecule has 0 saturated carbocycles. The van der Waals surface area contributed by atoms with E-state index in [0.717, 1.165) is 17.1 Å². The van der Waals surface area contributed by atoms with Crippen LogP contribution >= 0.6 is 0 Å². The minimum atomic E-state index is -0.938. The number of hydrogen-bond donors (Lipinski definition) is 2. The Morgan fingerprint density at radius 3 is 2.53 bits per heavy atom. The fourth-order valence-electron chi connectivity index (χ4n) is 1.66. The van der Waals surface area contributed by atoms with Gasteiger partial charge in [0, 0.05) is 6.54 Å². The van der Waals surface area contributed by atoms with Gasteiger partial charge in [0.1, 0.15) is 17.0 Å². The Morgan fingerprint density at radius 2 is 2.00 bits per heavy atom. The fourth-order valence-corrected chi connectivity index (χ4v) is 1.66. The molecule has 2 N–H and O–H groups in total. The monoisotopic (exact) mass is 267 g/mol. The molecule has 0 spiro atoms. The molecule has 5 nitrogen and oxygen atoms in total. The van der Waals surface area contributed by atoms with E-state index in [2.05, 4.69) is 5.32 Å². The Morgan fingerprint density at radius 1 is 1.32 bits per heavy atom. The summed E-state index contributed by atoms with van der Waals surface area (Å²) in [6.07, 6.45) is 0.664. The van der Waals surface area contributed by atoms with Gasteiger partial charge in [-0.3, -0.25) is 4.79 Å². The summed E-state index contributed by atoms with van der Waals surface area (Å²) < 4.78 is 10.4. The summed E-state index contributed by atoms with van der Waals surface area (Å²) in [4.78, 5) is 11.0. The lowest BCUT2D eigenvalue weighted by molar-refractivity contribution is -0.143. The first-order valence-electron chi connectivity index (χ1n) is 6.10. The lowest BCUT2D eigenvalue weighted by Crippen LogP contribution is -2.47. The van der Waals surface area contributed by atoms with E-state index in [1.54, 1.807) is 28.1 Å². The largest absolute Gasteiger partial charge is 0.497 e. The van der Waals surface area contributed by atoms with Crippen molar-refractivity contribution in [3.63, 3.8) is 0 Å². The van der Waals surface area contributed by atoms with Crippen LogP contribution in [0.2, 0.25) is 0 Å². The molecule has 0 saturated heterocycles. The summed E-state index contributed by atoms with van der Waals surface area (Å²) in [6.45, 7) is 3.82. The van der Waals surface area contributed by atoms with Gasteiger partial charge in [0.15, 0.2) is 0 Å². The van der Waals surface area contributed by atoms with Gasteiger partial charge in [0.05, 0.1) is 14.2 Å². The quantitative estimate of drug-likeness (QED) is 0.787. The van der Waals surface area contributed by atoms with Crippen molar-refractivity contribution in [2.45, 2.75) is 25.8 Å². The molecule has 0 aliphatic heterocycles. The Kier molecular flexibility index (Phi) is 5.18. The maximum absolute atomic E-state index is 11.0. The Bertz CT molecular complexity index is 443. The van der Waals surface area contributed by atoms with Crippen molar-refractivity contribution in [1.82, 2.24) is 5.32 Å². The summed E-state index contributed by atoms with van der Waals surface area (Å²) >= 11 is 0. The molecule has 0 aliphatic rings. The van der Waals surface area contributed by atoms with E-state index in [-0.39, 0.29) is 0 Å². The third kappa shape index (κ3) is 4.13. The second kappa shape index (κ2) is 6.43. The van der Waals surface area contributed by atoms with Crippen LogP contribution in [0.15, 0.2) is 18.2 Å². The zero-order valence-corrected chi connectivity index (χ0v) is 11.8. The zero-order chi connectivity index (χ0) is 14.5. The normalized spacial score (nSPS) is 11.2. The standard InChI is InChI=1S/C14H21NO4/c1-14(2,13(16)17)15-8-7-10-9-11(18-3)5-6-12(10)19-4/h5-6,9,15H,7-8H2,1-4H3,(H,16,17). The molecule has 19 heavy (non-hydrogen) atoms. The molecule has 0 aliphatic carbocycles. The first-order chi connectivity index (χ1) is 8.90. The van der Waals surface area contributed by atoms with Gasteiger partial charge in [-0.15, -0.1) is 0 Å². The third-order valence-corrected chi connectivity index (χ3v) is 2.98. The lowest BCUT2D eigenvalue weighted by atomic mass is 10.0. The highest BCUT2D eigenvalue weighted by Crippen LogP contribution is 2.24. The molecule has 0 unspecified atom stereocenters. The molecule has 5 heteroatoms. The van der Waals surface area contributed by atoms with Gasteiger partial charge in [-0.1, -0.05) is 0 Å². The molecule has 1 aromatic carbocycles. The molecule has 106 valence electrons. The van der Waals surface area contributed by atoms with E-state index in [0.29, 0.717) is 13.0 Å². The van der Waals surface area contributed by atoms with Crippen LogP contribution in [0.1, 0.15) is 19.4 Å². The van der Waals surface area contributed by atoms with Crippen LogP contribution in [0.25, 0.3) is 0 Å². The molecule has 0 atom stereocenters. The topological polar surface area (TPSA) is 67.8 Å². The second-order valence-electron chi connectivity index (χ2n) is 4.78. The molecule has 0 amide bonds. The molecule has 1 aromatic rings. The van der Waals surface area contributed by atoms with Crippen LogP contribution in [-0.2, 0) is 11.2 Å². The van der Waals surface area contributed by atoms with Gasteiger partial charge in [-0.25, -0.2) is 0 Å². The molecular weight excluding hydrogens is 246 g/mol. The van der Waals surface area contributed by atoms with Crippen molar-refractivity contribution < 1.29 is 19.4 Å². The second-order valence-corrected chi connectivity index (χ2v) is 4.78. The number of methoxy groups -OCH3 is 2. The minimum Gasteiger partial charge on any atom is -0.497 e. The first kappa shape index (κ1) is 15.3. The molecule has 1 rings (SSSR count). The predicted molar refractivity (Wildman–Crippen MR) is 73.0 cm³/mol. The SMILES string of the molecule is COc1ccc(OC)c(CCNC(C)(C)C(=O)O)c1. The number of carboxylic acids is 1. The number of aliphatic carboxylic acids is 1. The zero-order valence-electron chi connectivity index (χ0n) is 11.8. The smallest absolute Gasteiger partial charge is 0.323 e. The summed E-state index contributed by atoms with van der Waals surface area (Å²) in [7, 11) is 3.22. The van der Waals surface area contributed by atoms with Gasteiger partial charge >= 0.3 is 5.97 Å². The number of nitrogens with one attached hydrogen (secondary N) is 1. The summed E-state index contributed by atoms with van der Waals surface area (Å²) in [5.74, 6) is 0.661. The number of carbonyl (C=O) groups is 1. The van der Waals surface area contributed by atoms with Crippen LogP contribution in [-0.4, -0.2) is 37.4 Å². The Labute approximate surface area is 113 Å². The van der Waals surface area contributed by atoms with Crippen molar-refractivity contribution in [1.29, 1.82) is 0 Å². The number of carboxylic acid groups (broad SMARTS) is 1. The number of rotatable bonds is 7. The van der Waals surface area contributed by atoms with Gasteiger partial charge in [-0.2, -0.15) is 0 Å². The molecule has 0 bridgehead atoms. The number of ether oxygens (including phenoxy) is 2. The summed E-state index contributed by atoms with van der Waals surface area (Å²) in [6, 6.07) is 5.57. The summed E-state index contributed by atoms with van der Waals surface area (Å²) in [5.41, 5.74) is 0.0436. The Hall–Kier alpha value is -1.75. The van der Waals surface area contributed by atoms with E-state index in [9.17, 15) is 4.79 Å². The van der Waals surface area contributed by atoms with Crippen molar-refractivity contribution >= 4 is 5.97 Å². The fraction of sp³-hybridized carbons (Fsp3) is 0.500. The van der Waals surface area contributed by atoms with Crippen molar-refractivity contribution in [2.24, 2.45) is 0 Å². The highest BCUT2D eigenvalue weighted by Gasteiger charge is 2.25. The third-order valence-electron chi connectivity index (χ3n) is 2.98. The molecular formula is C14H21NO4. The minimum absolute atomic E-state index is 0.544. The highest BCUT2D eigenvalue weighted by molar-refractivity contribution is 5.77. The molecule has 0 aromatic heterocycles. The maximum atomic E-state index is 11.0. The predicted octanol–water partition coefficient (Wildman–Crippen LogP) is 1.70. The average Bonchev–Trinajstić information content (AvgIpc) is 2.38. The maximum Gasteiger partial charge on any atom is 0.323 e. The van der Waals surface area contributed by atoms with Crippen LogP contribution in [0.5, 0.6) is 11.5 Å². The van der Waals surface area contributed by atoms with E-state index >= 15 is 0 Å². The van der Waals surface area contributed by atoms with Crippen LogP contribution in [0.3, 0.4) is 0 Å². The molecule has 0 radical (unpaired) electrons. The summed E-state index contributed by atoms with van der Waals surface area (Å²) in [5, 5.41) is 12.0. The number of benzene rings is 1. The van der Waals surface area contributed by atoms with Crippen LogP contribution in [0, 0.1) is 0 Å². The first-order valence-corrected chi connectivity index (χ1v) is 6.10. The van der Waals surface area contributed by atoms with E-state index in [1.165, 1.54) is 0 Å². The van der Waals surface area contributed by atoms with Crippen molar-refractivity contribution in [2.75, 3.05) is 20.8 Å². The van der Waals surface area contributed by atoms with Crippen LogP contribution in [0.4, 0.5) is 0 Å².